The van der Waals surface area contributed by atoms with Crippen LogP contribution in [0.3, 0.4) is 0 Å². The van der Waals surface area contributed by atoms with Crippen LogP contribution in [0.5, 0.6) is 11.5 Å². The summed E-state index contributed by atoms with van der Waals surface area (Å²) in [4.78, 5) is 27.1. The standard InChI is InChI=1S/C26H26N2O4S/c1-26(2)16-22(20-14-18(31-3)11-12-23(20)32-26)28-25(30)21(15-19-10-7-13-33-19)27-24(29)17-8-5-4-6-9-17/h4-15,22H,16H2,1-3H3,(H,27,29)(H,28,30)/b21-15-/t22-/m1/s1. The van der Waals surface area contributed by atoms with Crippen molar-refractivity contribution in [3.63, 3.8) is 0 Å². The third-order valence-electron chi connectivity index (χ3n) is 5.34. The van der Waals surface area contributed by atoms with Gasteiger partial charge in [-0.25, -0.2) is 0 Å². The smallest absolute Gasteiger partial charge is 0.268 e. The predicted octanol–water partition coefficient (Wildman–Crippen LogP) is 4.95. The minimum absolute atomic E-state index is 0.181. The number of hydrogen-bond donors (Lipinski definition) is 2. The van der Waals surface area contributed by atoms with Gasteiger partial charge in [-0.2, -0.15) is 0 Å². The van der Waals surface area contributed by atoms with Crippen molar-refractivity contribution < 1.29 is 19.1 Å². The average Bonchev–Trinajstić information content (AvgIpc) is 3.31. The molecule has 170 valence electrons. The maximum Gasteiger partial charge on any atom is 0.268 e. The molecule has 0 aliphatic carbocycles. The summed E-state index contributed by atoms with van der Waals surface area (Å²) in [6.45, 7) is 3.97. The number of thiophene rings is 1. The lowest BCUT2D eigenvalue weighted by Crippen LogP contribution is -2.43. The molecule has 7 heteroatoms. The zero-order chi connectivity index (χ0) is 23.4. The Hall–Kier alpha value is -3.58. The lowest BCUT2D eigenvalue weighted by molar-refractivity contribution is -0.119. The number of fused-ring (bicyclic) bond motifs is 1. The fraction of sp³-hybridized carbons (Fsp3) is 0.231. The number of carbonyl (C=O) groups excluding carboxylic acids is 2. The number of ether oxygens (including phenoxy) is 2. The van der Waals surface area contributed by atoms with E-state index in [1.54, 1.807) is 37.5 Å². The lowest BCUT2D eigenvalue weighted by atomic mass is 9.89. The van der Waals surface area contributed by atoms with Crippen LogP contribution in [-0.2, 0) is 4.79 Å². The van der Waals surface area contributed by atoms with E-state index in [1.807, 2.05) is 55.6 Å². The van der Waals surface area contributed by atoms with Crippen LogP contribution in [0.25, 0.3) is 6.08 Å². The zero-order valence-corrected chi connectivity index (χ0v) is 19.6. The summed E-state index contributed by atoms with van der Waals surface area (Å²) < 4.78 is 11.5. The van der Waals surface area contributed by atoms with Crippen molar-refractivity contribution in [3.05, 3.63) is 87.7 Å². The van der Waals surface area contributed by atoms with Gasteiger partial charge in [0.25, 0.3) is 11.8 Å². The first-order valence-electron chi connectivity index (χ1n) is 10.6. The van der Waals surface area contributed by atoms with E-state index < -0.39 is 5.60 Å². The Morgan fingerprint density at radius 1 is 1.12 bits per heavy atom. The molecule has 0 saturated carbocycles. The van der Waals surface area contributed by atoms with Crippen molar-refractivity contribution in [2.75, 3.05) is 7.11 Å². The average molecular weight is 463 g/mol. The molecular formula is C26H26N2O4S. The van der Waals surface area contributed by atoms with Gasteiger partial charge in [0.05, 0.1) is 13.2 Å². The predicted molar refractivity (Wildman–Crippen MR) is 129 cm³/mol. The molecule has 0 saturated heterocycles. The van der Waals surface area contributed by atoms with Crippen LogP contribution in [0, 0.1) is 0 Å². The number of nitrogens with one attached hydrogen (secondary N) is 2. The van der Waals surface area contributed by atoms with Crippen molar-refractivity contribution in [1.29, 1.82) is 0 Å². The number of benzene rings is 2. The molecule has 3 aromatic rings. The van der Waals surface area contributed by atoms with Crippen LogP contribution in [0.2, 0.25) is 0 Å². The van der Waals surface area contributed by atoms with Crippen LogP contribution in [0.4, 0.5) is 0 Å². The van der Waals surface area contributed by atoms with Crippen LogP contribution >= 0.6 is 11.3 Å². The largest absolute Gasteiger partial charge is 0.497 e. The van der Waals surface area contributed by atoms with Gasteiger partial charge in [-0.15, -0.1) is 11.3 Å². The highest BCUT2D eigenvalue weighted by Crippen LogP contribution is 2.41. The van der Waals surface area contributed by atoms with E-state index in [4.69, 9.17) is 9.47 Å². The fourth-order valence-electron chi connectivity index (χ4n) is 3.78. The summed E-state index contributed by atoms with van der Waals surface area (Å²) in [7, 11) is 1.60. The molecule has 2 aromatic carbocycles. The molecule has 4 rings (SSSR count). The minimum Gasteiger partial charge on any atom is -0.497 e. The molecule has 1 aliphatic rings. The van der Waals surface area contributed by atoms with Gasteiger partial charge in [0.1, 0.15) is 22.8 Å². The molecule has 0 unspecified atom stereocenters. The lowest BCUT2D eigenvalue weighted by Gasteiger charge is -2.38. The number of methoxy groups -OCH3 is 1. The molecule has 1 aliphatic heterocycles. The van der Waals surface area contributed by atoms with Gasteiger partial charge in [0.2, 0.25) is 0 Å². The SMILES string of the molecule is COc1ccc2c(c1)[C@H](NC(=O)/C(=C/c1cccs1)NC(=O)c1ccccc1)CC(C)(C)O2. The number of amides is 2. The maximum atomic E-state index is 13.4. The Morgan fingerprint density at radius 2 is 1.91 bits per heavy atom. The first kappa shape index (κ1) is 22.6. The highest BCUT2D eigenvalue weighted by atomic mass is 32.1. The minimum atomic E-state index is -0.468. The Bertz CT molecular complexity index is 1170. The van der Waals surface area contributed by atoms with Crippen molar-refractivity contribution in [3.8, 4) is 11.5 Å². The normalized spacial score (nSPS) is 16.8. The second kappa shape index (κ2) is 9.50. The highest BCUT2D eigenvalue weighted by molar-refractivity contribution is 7.10. The van der Waals surface area contributed by atoms with Gasteiger partial charge in [-0.1, -0.05) is 24.3 Å². The van der Waals surface area contributed by atoms with E-state index in [0.29, 0.717) is 23.5 Å². The van der Waals surface area contributed by atoms with Crippen molar-refractivity contribution in [2.24, 2.45) is 0 Å². The van der Waals surface area contributed by atoms with Gasteiger partial charge >= 0.3 is 0 Å². The van der Waals surface area contributed by atoms with E-state index in [-0.39, 0.29) is 23.6 Å². The molecule has 1 aromatic heterocycles. The number of hydrogen-bond acceptors (Lipinski definition) is 5. The molecule has 2 amide bonds. The summed E-state index contributed by atoms with van der Waals surface area (Å²) in [6, 6.07) is 17.9. The fourth-order valence-corrected chi connectivity index (χ4v) is 4.44. The van der Waals surface area contributed by atoms with E-state index in [9.17, 15) is 9.59 Å². The topological polar surface area (TPSA) is 76.7 Å². The van der Waals surface area contributed by atoms with Gasteiger partial charge in [-0.05, 0) is 61.7 Å². The summed E-state index contributed by atoms with van der Waals surface area (Å²) >= 11 is 1.49. The van der Waals surface area contributed by atoms with Gasteiger partial charge < -0.3 is 20.1 Å². The van der Waals surface area contributed by atoms with Crippen molar-refractivity contribution in [1.82, 2.24) is 10.6 Å². The van der Waals surface area contributed by atoms with E-state index in [2.05, 4.69) is 10.6 Å². The van der Waals surface area contributed by atoms with Gasteiger partial charge in [-0.3, -0.25) is 9.59 Å². The molecule has 33 heavy (non-hydrogen) atoms. The molecule has 0 bridgehead atoms. The molecular weight excluding hydrogens is 436 g/mol. The summed E-state index contributed by atoms with van der Waals surface area (Å²) in [5, 5.41) is 7.81. The Labute approximate surface area is 197 Å². The van der Waals surface area contributed by atoms with E-state index >= 15 is 0 Å². The molecule has 0 radical (unpaired) electrons. The maximum absolute atomic E-state index is 13.4. The molecule has 6 nitrogen and oxygen atoms in total. The van der Waals surface area contributed by atoms with Crippen molar-refractivity contribution in [2.45, 2.75) is 31.9 Å². The highest BCUT2D eigenvalue weighted by Gasteiger charge is 2.35. The summed E-state index contributed by atoms with van der Waals surface area (Å²) in [5.74, 6) is 0.671. The molecule has 0 fully saturated rings. The van der Waals surface area contributed by atoms with Gasteiger partial charge in [0, 0.05) is 22.4 Å². The summed E-state index contributed by atoms with van der Waals surface area (Å²) in [6.07, 6.45) is 2.26. The molecule has 0 spiro atoms. The summed E-state index contributed by atoms with van der Waals surface area (Å²) in [5.41, 5.74) is 1.03. The molecule has 2 heterocycles. The monoisotopic (exact) mass is 462 g/mol. The van der Waals surface area contributed by atoms with Crippen molar-refractivity contribution >= 4 is 29.2 Å². The second-order valence-electron chi connectivity index (χ2n) is 8.39. The molecule has 1 atom stereocenters. The van der Waals surface area contributed by atoms with Crippen LogP contribution in [-0.4, -0.2) is 24.5 Å². The quantitative estimate of drug-likeness (QED) is 0.509. The first-order chi connectivity index (χ1) is 15.8. The zero-order valence-electron chi connectivity index (χ0n) is 18.8. The third-order valence-corrected chi connectivity index (χ3v) is 6.16. The van der Waals surface area contributed by atoms with E-state index in [0.717, 1.165) is 10.4 Å². The van der Waals surface area contributed by atoms with Crippen LogP contribution in [0.1, 0.15) is 47.1 Å². The Morgan fingerprint density at radius 3 is 2.61 bits per heavy atom. The van der Waals surface area contributed by atoms with Gasteiger partial charge in [0.15, 0.2) is 0 Å². The molecule has 2 N–H and O–H groups in total. The number of carbonyl (C=O) groups is 2. The van der Waals surface area contributed by atoms with E-state index in [1.165, 1.54) is 11.3 Å². The second-order valence-corrected chi connectivity index (χ2v) is 9.37. The number of rotatable bonds is 6. The van der Waals surface area contributed by atoms with Crippen LogP contribution in [0.15, 0.2) is 71.7 Å². The Balaban J connectivity index is 1.62. The third kappa shape index (κ3) is 5.43. The first-order valence-corrected chi connectivity index (χ1v) is 11.5. The Kier molecular flexibility index (Phi) is 6.51. The van der Waals surface area contributed by atoms with Crippen LogP contribution < -0.4 is 20.1 Å².